The van der Waals surface area contributed by atoms with Crippen LogP contribution >= 0.6 is 0 Å². The third-order valence-electron chi connectivity index (χ3n) is 3.13. The number of aliphatic hydroxyl groups is 1. The number of amides is 3. The molecule has 0 atom stereocenters. The molecule has 0 aromatic heterocycles. The molecule has 21 heavy (non-hydrogen) atoms. The quantitative estimate of drug-likeness (QED) is 0.671. The van der Waals surface area contributed by atoms with Crippen LogP contribution in [0.1, 0.15) is 25.7 Å². The summed E-state index contributed by atoms with van der Waals surface area (Å²) in [7, 11) is 0. The standard InChI is InChI=1S/C12H20F3N3O3/c13-12(14,15)8-18(5-6-19)7-10(20)17-11(21)16-9-3-1-2-4-9/h9,19H,1-8H2,(H2,16,17,20,21). The molecule has 0 unspecified atom stereocenters. The van der Waals surface area contributed by atoms with Crippen molar-refractivity contribution in [3.8, 4) is 0 Å². The zero-order valence-electron chi connectivity index (χ0n) is 11.6. The van der Waals surface area contributed by atoms with Gasteiger partial charge in [-0.15, -0.1) is 0 Å². The van der Waals surface area contributed by atoms with Gasteiger partial charge in [0, 0.05) is 12.6 Å². The Labute approximate surface area is 120 Å². The SMILES string of the molecule is O=C(CN(CCO)CC(F)(F)F)NC(=O)NC1CCCC1. The fourth-order valence-electron chi connectivity index (χ4n) is 2.27. The van der Waals surface area contributed by atoms with Crippen molar-refractivity contribution in [3.05, 3.63) is 0 Å². The van der Waals surface area contributed by atoms with Gasteiger partial charge in [-0.05, 0) is 12.8 Å². The number of carbonyl (C=O) groups excluding carboxylic acids is 2. The van der Waals surface area contributed by atoms with Gasteiger partial charge in [-0.1, -0.05) is 12.8 Å². The maximum absolute atomic E-state index is 12.3. The summed E-state index contributed by atoms with van der Waals surface area (Å²) in [5.41, 5.74) is 0. The minimum absolute atomic E-state index is 0.0153. The first-order valence-corrected chi connectivity index (χ1v) is 6.80. The molecule has 1 rings (SSSR count). The summed E-state index contributed by atoms with van der Waals surface area (Å²) in [5, 5.41) is 13.3. The Morgan fingerprint density at radius 1 is 1.24 bits per heavy atom. The van der Waals surface area contributed by atoms with Crippen LogP contribution in [-0.4, -0.2) is 60.4 Å². The number of nitrogens with one attached hydrogen (secondary N) is 2. The molecular formula is C12H20F3N3O3. The first kappa shape index (κ1) is 17.7. The second-order valence-corrected chi connectivity index (χ2v) is 5.05. The van der Waals surface area contributed by atoms with Crippen molar-refractivity contribution in [2.24, 2.45) is 0 Å². The van der Waals surface area contributed by atoms with E-state index in [2.05, 4.69) is 5.32 Å². The molecule has 0 heterocycles. The minimum Gasteiger partial charge on any atom is -0.395 e. The molecule has 6 nitrogen and oxygen atoms in total. The first-order chi connectivity index (χ1) is 9.80. The molecule has 3 N–H and O–H groups in total. The van der Waals surface area contributed by atoms with Gasteiger partial charge < -0.3 is 10.4 Å². The highest BCUT2D eigenvalue weighted by Crippen LogP contribution is 2.17. The van der Waals surface area contributed by atoms with Crippen LogP contribution in [0.4, 0.5) is 18.0 Å². The van der Waals surface area contributed by atoms with E-state index in [1.54, 1.807) is 0 Å². The summed E-state index contributed by atoms with van der Waals surface area (Å²) >= 11 is 0. The molecule has 0 aliphatic heterocycles. The van der Waals surface area contributed by atoms with E-state index in [-0.39, 0.29) is 12.6 Å². The van der Waals surface area contributed by atoms with Gasteiger partial charge in [-0.2, -0.15) is 13.2 Å². The highest BCUT2D eigenvalue weighted by atomic mass is 19.4. The molecule has 3 amide bonds. The van der Waals surface area contributed by atoms with E-state index in [0.29, 0.717) is 0 Å². The highest BCUT2D eigenvalue weighted by Gasteiger charge is 2.31. The fraction of sp³-hybridized carbons (Fsp3) is 0.833. The van der Waals surface area contributed by atoms with Gasteiger partial charge in [0.2, 0.25) is 5.91 Å². The summed E-state index contributed by atoms with van der Waals surface area (Å²) in [6, 6.07) is -0.677. The number of halogens is 3. The van der Waals surface area contributed by atoms with Crippen LogP contribution in [0.5, 0.6) is 0 Å². The highest BCUT2D eigenvalue weighted by molar-refractivity contribution is 5.95. The van der Waals surface area contributed by atoms with Gasteiger partial charge in [0.25, 0.3) is 0 Å². The van der Waals surface area contributed by atoms with Gasteiger partial charge in [-0.3, -0.25) is 15.0 Å². The topological polar surface area (TPSA) is 81.7 Å². The summed E-state index contributed by atoms with van der Waals surface area (Å²) in [5.74, 6) is -0.830. The number of aliphatic hydroxyl groups excluding tert-OH is 1. The smallest absolute Gasteiger partial charge is 0.395 e. The minimum atomic E-state index is -4.47. The lowest BCUT2D eigenvalue weighted by Crippen LogP contribution is -2.48. The van der Waals surface area contributed by atoms with E-state index >= 15 is 0 Å². The Morgan fingerprint density at radius 3 is 2.38 bits per heavy atom. The van der Waals surface area contributed by atoms with Crippen LogP contribution in [0.15, 0.2) is 0 Å². The molecule has 1 fully saturated rings. The molecule has 122 valence electrons. The number of rotatable bonds is 6. The lowest BCUT2D eigenvalue weighted by Gasteiger charge is -2.22. The van der Waals surface area contributed by atoms with Crippen LogP contribution in [0.3, 0.4) is 0 Å². The van der Waals surface area contributed by atoms with Gasteiger partial charge in [-0.25, -0.2) is 4.79 Å². The largest absolute Gasteiger partial charge is 0.401 e. The molecule has 9 heteroatoms. The van der Waals surface area contributed by atoms with E-state index in [1.165, 1.54) is 0 Å². The molecule has 0 aromatic rings. The summed E-state index contributed by atoms with van der Waals surface area (Å²) in [6.45, 7) is -2.71. The van der Waals surface area contributed by atoms with E-state index in [0.717, 1.165) is 30.6 Å². The maximum Gasteiger partial charge on any atom is 0.401 e. The van der Waals surface area contributed by atoms with Gasteiger partial charge in [0.05, 0.1) is 19.7 Å². The van der Waals surface area contributed by atoms with Gasteiger partial charge >= 0.3 is 12.2 Å². The fourth-order valence-corrected chi connectivity index (χ4v) is 2.27. The first-order valence-electron chi connectivity index (χ1n) is 6.80. The Balaban J connectivity index is 2.36. The number of hydrogen-bond donors (Lipinski definition) is 3. The van der Waals surface area contributed by atoms with Crippen molar-refractivity contribution in [3.63, 3.8) is 0 Å². The molecule has 0 radical (unpaired) electrons. The van der Waals surface area contributed by atoms with Crippen LogP contribution in [0, 0.1) is 0 Å². The number of nitrogens with zero attached hydrogens (tertiary/aromatic N) is 1. The Hall–Kier alpha value is -1.35. The number of imide groups is 1. The van der Waals surface area contributed by atoms with Crippen molar-refractivity contribution in [2.75, 3.05) is 26.2 Å². The number of urea groups is 1. The van der Waals surface area contributed by atoms with Crippen LogP contribution in [0.2, 0.25) is 0 Å². The van der Waals surface area contributed by atoms with Crippen LogP contribution in [-0.2, 0) is 4.79 Å². The number of alkyl halides is 3. The summed E-state index contributed by atoms with van der Waals surface area (Å²) in [6.07, 6.45) is -0.774. The second kappa shape index (κ2) is 8.18. The van der Waals surface area contributed by atoms with Crippen molar-refractivity contribution in [2.45, 2.75) is 37.9 Å². The molecule has 1 aliphatic rings. The van der Waals surface area contributed by atoms with Crippen molar-refractivity contribution in [1.29, 1.82) is 0 Å². The molecule has 1 saturated carbocycles. The Morgan fingerprint density at radius 2 is 1.86 bits per heavy atom. The van der Waals surface area contributed by atoms with E-state index < -0.39 is 37.8 Å². The van der Waals surface area contributed by atoms with E-state index in [1.807, 2.05) is 5.32 Å². The molecule has 0 saturated heterocycles. The average molecular weight is 311 g/mol. The monoisotopic (exact) mass is 311 g/mol. The lowest BCUT2D eigenvalue weighted by molar-refractivity contribution is -0.149. The number of carbonyl (C=O) groups is 2. The van der Waals surface area contributed by atoms with Crippen molar-refractivity contribution >= 4 is 11.9 Å². The van der Waals surface area contributed by atoms with E-state index in [9.17, 15) is 22.8 Å². The average Bonchev–Trinajstić information content (AvgIpc) is 2.79. The van der Waals surface area contributed by atoms with Crippen LogP contribution < -0.4 is 10.6 Å². The molecule has 1 aliphatic carbocycles. The molecule has 0 aromatic carbocycles. The molecular weight excluding hydrogens is 291 g/mol. The zero-order valence-corrected chi connectivity index (χ0v) is 11.6. The van der Waals surface area contributed by atoms with Crippen LogP contribution in [0.25, 0.3) is 0 Å². The summed E-state index contributed by atoms with van der Waals surface area (Å²) < 4.78 is 36.8. The number of hydrogen-bond acceptors (Lipinski definition) is 4. The predicted octanol–water partition coefficient (Wildman–Crippen LogP) is 0.611. The molecule has 0 spiro atoms. The van der Waals surface area contributed by atoms with Crippen molar-refractivity contribution in [1.82, 2.24) is 15.5 Å². The van der Waals surface area contributed by atoms with Crippen molar-refractivity contribution < 1.29 is 27.9 Å². The third-order valence-corrected chi connectivity index (χ3v) is 3.13. The summed E-state index contributed by atoms with van der Waals surface area (Å²) in [4.78, 5) is 23.8. The third kappa shape index (κ3) is 7.86. The Kier molecular flexibility index (Phi) is 6.90. The van der Waals surface area contributed by atoms with Gasteiger partial charge in [0.15, 0.2) is 0 Å². The predicted molar refractivity (Wildman–Crippen MR) is 68.5 cm³/mol. The second-order valence-electron chi connectivity index (χ2n) is 5.05. The van der Waals surface area contributed by atoms with E-state index in [4.69, 9.17) is 5.11 Å². The lowest BCUT2D eigenvalue weighted by atomic mass is 10.2. The maximum atomic E-state index is 12.3. The molecule has 0 bridgehead atoms. The zero-order chi connectivity index (χ0) is 15.9. The van der Waals surface area contributed by atoms with Gasteiger partial charge in [0.1, 0.15) is 0 Å². The Bertz CT molecular complexity index is 357. The normalized spacial score (nSPS) is 16.2.